The summed E-state index contributed by atoms with van der Waals surface area (Å²) in [6, 6.07) is 5.44. The number of aliphatic carboxylic acids is 1. The van der Waals surface area contributed by atoms with Gasteiger partial charge in [0.25, 0.3) is 5.91 Å². The van der Waals surface area contributed by atoms with Crippen LogP contribution in [-0.2, 0) is 9.59 Å². The molecule has 1 aliphatic carbocycles. The van der Waals surface area contributed by atoms with Gasteiger partial charge in [0.2, 0.25) is 0 Å². The summed E-state index contributed by atoms with van der Waals surface area (Å²) in [5.41, 5.74) is 0. The topological polar surface area (TPSA) is 75.6 Å². The number of carbonyl (C=O) groups is 2. The fraction of sp³-hybridized carbons (Fsp3) is 0.467. The van der Waals surface area contributed by atoms with Crippen LogP contribution in [0, 0.1) is 11.7 Å². The van der Waals surface area contributed by atoms with Crippen LogP contribution in [0.3, 0.4) is 0 Å². The van der Waals surface area contributed by atoms with Crippen molar-refractivity contribution in [3.63, 3.8) is 0 Å². The predicted molar refractivity (Wildman–Crippen MR) is 73.4 cm³/mol. The number of hydrogen-bond donors (Lipinski definition) is 2. The van der Waals surface area contributed by atoms with Crippen LogP contribution in [0.15, 0.2) is 24.3 Å². The maximum absolute atomic E-state index is 13.5. The van der Waals surface area contributed by atoms with Gasteiger partial charge in [0.1, 0.15) is 0 Å². The highest BCUT2D eigenvalue weighted by Crippen LogP contribution is 2.26. The van der Waals surface area contributed by atoms with E-state index in [1.165, 1.54) is 25.1 Å². The van der Waals surface area contributed by atoms with Gasteiger partial charge >= 0.3 is 5.97 Å². The molecule has 0 radical (unpaired) electrons. The highest BCUT2D eigenvalue weighted by Gasteiger charge is 2.34. The predicted octanol–water partition coefficient (Wildman–Crippen LogP) is 1.96. The Kier molecular flexibility index (Phi) is 4.77. The Bertz CT molecular complexity index is 534. The van der Waals surface area contributed by atoms with Crippen LogP contribution < -0.4 is 10.1 Å². The van der Waals surface area contributed by atoms with Crippen molar-refractivity contribution in [3.8, 4) is 5.75 Å². The number of benzene rings is 1. The quantitative estimate of drug-likeness (QED) is 0.870. The zero-order chi connectivity index (χ0) is 15.4. The van der Waals surface area contributed by atoms with Gasteiger partial charge in [-0.2, -0.15) is 0 Å². The minimum atomic E-state index is -0.902. The van der Waals surface area contributed by atoms with Gasteiger partial charge in [0.05, 0.1) is 5.92 Å². The Labute approximate surface area is 122 Å². The molecule has 1 aromatic rings. The first-order valence-electron chi connectivity index (χ1n) is 6.93. The molecule has 2 N–H and O–H groups in total. The Balaban J connectivity index is 1.94. The smallest absolute Gasteiger partial charge is 0.308 e. The molecule has 0 saturated heterocycles. The van der Waals surface area contributed by atoms with Crippen LogP contribution >= 0.6 is 0 Å². The van der Waals surface area contributed by atoms with Crippen LogP contribution in [-0.4, -0.2) is 29.1 Å². The number of amides is 1. The van der Waals surface area contributed by atoms with Crippen molar-refractivity contribution in [2.24, 2.45) is 5.92 Å². The fourth-order valence-corrected chi connectivity index (χ4v) is 2.51. The van der Waals surface area contributed by atoms with Gasteiger partial charge in [-0.3, -0.25) is 9.59 Å². The van der Waals surface area contributed by atoms with Crippen molar-refractivity contribution >= 4 is 11.9 Å². The molecule has 1 aliphatic rings. The molecule has 0 aromatic heterocycles. The van der Waals surface area contributed by atoms with Crippen molar-refractivity contribution < 1.29 is 23.8 Å². The molecule has 3 unspecified atom stereocenters. The van der Waals surface area contributed by atoms with Gasteiger partial charge in [-0.25, -0.2) is 4.39 Å². The van der Waals surface area contributed by atoms with Crippen molar-refractivity contribution in [1.82, 2.24) is 5.32 Å². The van der Waals surface area contributed by atoms with Gasteiger partial charge in [-0.05, 0) is 31.9 Å². The SMILES string of the molecule is CC(Oc1ccccc1F)C(=O)NC1CCCC1C(=O)O. The lowest BCUT2D eigenvalue weighted by Gasteiger charge is -2.21. The molecule has 3 atom stereocenters. The number of ether oxygens (including phenoxy) is 1. The summed E-state index contributed by atoms with van der Waals surface area (Å²) in [4.78, 5) is 23.1. The summed E-state index contributed by atoms with van der Waals surface area (Å²) in [5, 5.41) is 11.8. The van der Waals surface area contributed by atoms with E-state index in [1.54, 1.807) is 6.07 Å². The van der Waals surface area contributed by atoms with Crippen molar-refractivity contribution in [3.05, 3.63) is 30.1 Å². The molecule has 1 aromatic carbocycles. The maximum atomic E-state index is 13.5. The van der Waals surface area contributed by atoms with Crippen molar-refractivity contribution in [2.45, 2.75) is 38.3 Å². The summed E-state index contributed by atoms with van der Waals surface area (Å²) in [5.74, 6) is -2.44. The van der Waals surface area contributed by atoms with Gasteiger partial charge in [-0.1, -0.05) is 18.6 Å². The number of rotatable bonds is 5. The zero-order valence-electron chi connectivity index (χ0n) is 11.7. The first-order valence-corrected chi connectivity index (χ1v) is 6.93. The second kappa shape index (κ2) is 6.56. The van der Waals surface area contributed by atoms with E-state index in [0.29, 0.717) is 12.8 Å². The van der Waals surface area contributed by atoms with Crippen LogP contribution in [0.1, 0.15) is 26.2 Å². The minimum Gasteiger partial charge on any atom is -0.481 e. The third kappa shape index (κ3) is 3.71. The van der Waals surface area contributed by atoms with Crippen LogP contribution in [0.4, 0.5) is 4.39 Å². The molecule has 0 heterocycles. The molecule has 21 heavy (non-hydrogen) atoms. The standard InChI is InChI=1S/C15H18FNO4/c1-9(21-13-8-3-2-6-11(13)16)14(18)17-12-7-4-5-10(12)15(19)20/h2-3,6,8-10,12H,4-5,7H2,1H3,(H,17,18)(H,19,20). The van der Waals surface area contributed by atoms with Crippen LogP contribution in [0.25, 0.3) is 0 Å². The normalized spacial score (nSPS) is 22.6. The summed E-state index contributed by atoms with van der Waals surface area (Å²) < 4.78 is 18.7. The van der Waals surface area contributed by atoms with E-state index in [1.807, 2.05) is 0 Å². The molecule has 114 valence electrons. The molecule has 1 saturated carbocycles. The van der Waals surface area contributed by atoms with E-state index in [9.17, 15) is 14.0 Å². The Morgan fingerprint density at radius 2 is 2.10 bits per heavy atom. The number of hydrogen-bond acceptors (Lipinski definition) is 3. The van der Waals surface area contributed by atoms with Gasteiger partial charge < -0.3 is 15.2 Å². The van der Waals surface area contributed by atoms with E-state index in [4.69, 9.17) is 9.84 Å². The molecule has 2 rings (SSSR count). The summed E-state index contributed by atoms with van der Waals surface area (Å²) in [6.07, 6.45) is 1.07. The number of carboxylic acids is 1. The minimum absolute atomic E-state index is 0.00126. The number of para-hydroxylation sites is 1. The Morgan fingerprint density at radius 1 is 1.38 bits per heavy atom. The number of carboxylic acid groups (broad SMARTS) is 1. The third-order valence-electron chi connectivity index (χ3n) is 3.67. The van der Waals surface area contributed by atoms with Gasteiger partial charge in [0, 0.05) is 6.04 Å². The number of carbonyl (C=O) groups excluding carboxylic acids is 1. The van der Waals surface area contributed by atoms with E-state index in [2.05, 4.69) is 5.32 Å². The molecule has 0 bridgehead atoms. The maximum Gasteiger partial charge on any atom is 0.308 e. The van der Waals surface area contributed by atoms with Crippen LogP contribution in [0.2, 0.25) is 0 Å². The monoisotopic (exact) mass is 295 g/mol. The summed E-state index contributed by atoms with van der Waals surface area (Å²) >= 11 is 0. The zero-order valence-corrected chi connectivity index (χ0v) is 11.7. The summed E-state index contributed by atoms with van der Waals surface area (Å²) in [6.45, 7) is 1.51. The van der Waals surface area contributed by atoms with Crippen LogP contribution in [0.5, 0.6) is 5.75 Å². The first-order chi connectivity index (χ1) is 9.99. The molecule has 6 heteroatoms. The lowest BCUT2D eigenvalue weighted by atomic mass is 10.0. The Hall–Kier alpha value is -2.11. The molecule has 0 spiro atoms. The molecule has 1 amide bonds. The van der Waals surface area contributed by atoms with Gasteiger partial charge in [-0.15, -0.1) is 0 Å². The fourth-order valence-electron chi connectivity index (χ4n) is 2.51. The molecular formula is C15H18FNO4. The second-order valence-corrected chi connectivity index (χ2v) is 5.18. The van der Waals surface area contributed by atoms with E-state index in [-0.39, 0.29) is 11.8 Å². The molecule has 1 fully saturated rings. The third-order valence-corrected chi connectivity index (χ3v) is 3.67. The van der Waals surface area contributed by atoms with Crippen molar-refractivity contribution in [1.29, 1.82) is 0 Å². The lowest BCUT2D eigenvalue weighted by molar-refractivity contribution is -0.142. The first kappa shape index (κ1) is 15.3. The lowest BCUT2D eigenvalue weighted by Crippen LogP contribution is -2.45. The average Bonchev–Trinajstić information content (AvgIpc) is 2.89. The van der Waals surface area contributed by atoms with E-state index < -0.39 is 29.7 Å². The largest absolute Gasteiger partial charge is 0.481 e. The van der Waals surface area contributed by atoms with E-state index in [0.717, 1.165) is 6.42 Å². The van der Waals surface area contributed by atoms with Gasteiger partial charge in [0.15, 0.2) is 17.7 Å². The molecule has 5 nitrogen and oxygen atoms in total. The highest BCUT2D eigenvalue weighted by molar-refractivity contribution is 5.82. The number of halogens is 1. The van der Waals surface area contributed by atoms with E-state index >= 15 is 0 Å². The molecule has 0 aliphatic heterocycles. The summed E-state index contributed by atoms with van der Waals surface area (Å²) in [7, 11) is 0. The Morgan fingerprint density at radius 3 is 2.76 bits per heavy atom. The van der Waals surface area contributed by atoms with Crippen molar-refractivity contribution in [2.75, 3.05) is 0 Å². The second-order valence-electron chi connectivity index (χ2n) is 5.18. The number of nitrogens with one attached hydrogen (secondary N) is 1. The highest BCUT2D eigenvalue weighted by atomic mass is 19.1. The molecular weight excluding hydrogens is 277 g/mol. The average molecular weight is 295 g/mol.